The van der Waals surface area contributed by atoms with Crippen LogP contribution in [-0.4, -0.2) is 5.91 Å². The van der Waals surface area contributed by atoms with Crippen LogP contribution in [0.25, 0.3) is 11.0 Å². The third-order valence-corrected chi connectivity index (χ3v) is 4.55. The first-order chi connectivity index (χ1) is 11.5. The Morgan fingerprint density at radius 2 is 1.88 bits per heavy atom. The van der Waals surface area contributed by atoms with Gasteiger partial charge in [-0.25, -0.2) is 0 Å². The van der Waals surface area contributed by atoms with Crippen LogP contribution in [0.4, 0.5) is 5.69 Å². The Balaban J connectivity index is 1.83. The van der Waals surface area contributed by atoms with Gasteiger partial charge in [-0.1, -0.05) is 44.2 Å². The first-order valence-corrected chi connectivity index (χ1v) is 8.32. The number of furan rings is 1. The molecule has 0 unspecified atom stereocenters. The molecule has 2 aromatic carbocycles. The highest BCUT2D eigenvalue weighted by molar-refractivity contribution is 5.96. The summed E-state index contributed by atoms with van der Waals surface area (Å²) >= 11 is 0. The zero-order chi connectivity index (χ0) is 17.3. The summed E-state index contributed by atoms with van der Waals surface area (Å²) in [6, 6.07) is 12.1. The highest BCUT2D eigenvalue weighted by atomic mass is 16.3. The molecule has 0 atom stereocenters. The second-order valence-electron chi connectivity index (χ2n) is 6.61. The third-order valence-electron chi connectivity index (χ3n) is 4.55. The maximum Gasteiger partial charge on any atom is 0.228 e. The molecule has 0 aliphatic rings. The number of hydrogen-bond acceptors (Lipinski definition) is 2. The van der Waals surface area contributed by atoms with E-state index in [1.807, 2.05) is 31.2 Å². The van der Waals surface area contributed by atoms with Crippen molar-refractivity contribution in [3.63, 3.8) is 0 Å². The number of fused-ring (bicyclic) bond motifs is 1. The van der Waals surface area contributed by atoms with Crippen LogP contribution < -0.4 is 5.32 Å². The molecule has 3 rings (SSSR count). The number of carbonyl (C=O) groups excluding carboxylic acids is 1. The lowest BCUT2D eigenvalue weighted by Gasteiger charge is -2.13. The molecule has 0 radical (unpaired) electrons. The minimum atomic E-state index is -0.0240. The maximum atomic E-state index is 12.5. The van der Waals surface area contributed by atoms with Gasteiger partial charge in [0.1, 0.15) is 5.58 Å². The highest BCUT2D eigenvalue weighted by Crippen LogP contribution is 2.28. The minimum absolute atomic E-state index is 0.0240. The van der Waals surface area contributed by atoms with Gasteiger partial charge in [-0.3, -0.25) is 4.79 Å². The average molecular weight is 321 g/mol. The Bertz CT molecular complexity index is 890. The van der Waals surface area contributed by atoms with E-state index in [1.165, 1.54) is 5.56 Å². The lowest BCUT2D eigenvalue weighted by atomic mass is 10.0. The van der Waals surface area contributed by atoms with Crippen LogP contribution in [0.15, 0.2) is 47.1 Å². The molecule has 1 amide bonds. The molecule has 3 heteroatoms. The molecule has 0 saturated carbocycles. The summed E-state index contributed by atoms with van der Waals surface area (Å²) in [5.74, 6) is 0.339. The normalized spacial score (nSPS) is 11.2. The Morgan fingerprint density at radius 1 is 1.12 bits per heavy atom. The van der Waals surface area contributed by atoms with E-state index in [4.69, 9.17) is 4.42 Å². The van der Waals surface area contributed by atoms with E-state index in [1.54, 1.807) is 6.26 Å². The smallest absolute Gasteiger partial charge is 0.228 e. The molecule has 1 N–H and O–H groups in total. The number of carbonyl (C=O) groups is 1. The number of para-hydroxylation sites is 1. The standard InChI is InChI=1S/C21H23NO2/c1-13(2)17-7-5-6-8-19(17)22-20(23)11-16-12-24-21-15(4)14(3)9-10-18(16)21/h5-10,12-13H,11H2,1-4H3,(H,22,23). The van der Waals surface area contributed by atoms with E-state index in [2.05, 4.69) is 38.2 Å². The predicted octanol–water partition coefficient (Wildman–Crippen LogP) is 5.35. The maximum absolute atomic E-state index is 12.5. The average Bonchev–Trinajstić information content (AvgIpc) is 2.94. The van der Waals surface area contributed by atoms with Crippen molar-refractivity contribution in [2.75, 3.05) is 5.32 Å². The first-order valence-electron chi connectivity index (χ1n) is 8.32. The molecule has 0 spiro atoms. The monoisotopic (exact) mass is 321 g/mol. The van der Waals surface area contributed by atoms with Gasteiger partial charge in [0.15, 0.2) is 0 Å². The summed E-state index contributed by atoms with van der Waals surface area (Å²) in [6.07, 6.45) is 2.01. The van der Waals surface area contributed by atoms with Crippen LogP contribution in [0.1, 0.15) is 42.0 Å². The zero-order valence-electron chi connectivity index (χ0n) is 14.6. The molecule has 1 aromatic heterocycles. The molecule has 24 heavy (non-hydrogen) atoms. The Hall–Kier alpha value is -2.55. The highest BCUT2D eigenvalue weighted by Gasteiger charge is 2.14. The van der Waals surface area contributed by atoms with Gasteiger partial charge in [-0.2, -0.15) is 0 Å². The van der Waals surface area contributed by atoms with Crippen LogP contribution in [0.3, 0.4) is 0 Å². The number of nitrogens with one attached hydrogen (secondary N) is 1. The van der Waals surface area contributed by atoms with E-state index in [9.17, 15) is 4.79 Å². The molecule has 0 aliphatic carbocycles. The van der Waals surface area contributed by atoms with Crippen LogP contribution in [0.2, 0.25) is 0 Å². The second-order valence-corrected chi connectivity index (χ2v) is 6.61. The molecule has 0 bridgehead atoms. The van der Waals surface area contributed by atoms with Crippen LogP contribution >= 0.6 is 0 Å². The van der Waals surface area contributed by atoms with Gasteiger partial charge in [0, 0.05) is 16.6 Å². The fourth-order valence-corrected chi connectivity index (χ4v) is 3.01. The van der Waals surface area contributed by atoms with E-state index < -0.39 is 0 Å². The van der Waals surface area contributed by atoms with Crippen molar-refractivity contribution >= 4 is 22.6 Å². The second kappa shape index (κ2) is 6.52. The molecule has 3 nitrogen and oxygen atoms in total. The summed E-state index contributed by atoms with van der Waals surface area (Å²) in [6.45, 7) is 8.36. The van der Waals surface area contributed by atoms with Gasteiger partial charge in [-0.15, -0.1) is 0 Å². The van der Waals surface area contributed by atoms with Crippen molar-refractivity contribution in [1.82, 2.24) is 0 Å². The summed E-state index contributed by atoms with van der Waals surface area (Å²) in [4.78, 5) is 12.5. The van der Waals surface area contributed by atoms with Gasteiger partial charge in [0.25, 0.3) is 0 Å². The lowest BCUT2D eigenvalue weighted by molar-refractivity contribution is -0.115. The van der Waals surface area contributed by atoms with Crippen molar-refractivity contribution in [1.29, 1.82) is 0 Å². The molecule has 0 aliphatic heterocycles. The topological polar surface area (TPSA) is 42.2 Å². The summed E-state index contributed by atoms with van der Waals surface area (Å²) < 4.78 is 5.69. The Kier molecular flexibility index (Phi) is 4.43. The fraction of sp³-hybridized carbons (Fsp3) is 0.286. The molecule has 3 aromatic rings. The molecule has 124 valence electrons. The summed E-state index contributed by atoms with van der Waals surface area (Å²) in [5, 5.41) is 4.06. The third kappa shape index (κ3) is 3.07. The van der Waals surface area contributed by atoms with Crippen molar-refractivity contribution in [2.45, 2.75) is 40.0 Å². The molecule has 0 saturated heterocycles. The number of rotatable bonds is 4. The van der Waals surface area contributed by atoms with Gasteiger partial charge in [0.05, 0.1) is 12.7 Å². The van der Waals surface area contributed by atoms with Gasteiger partial charge in [-0.05, 0) is 42.5 Å². The summed E-state index contributed by atoms with van der Waals surface area (Å²) in [5.41, 5.74) is 6.16. The summed E-state index contributed by atoms with van der Waals surface area (Å²) in [7, 11) is 0. The SMILES string of the molecule is Cc1ccc2c(CC(=O)Nc3ccccc3C(C)C)coc2c1C. The van der Waals surface area contributed by atoms with E-state index in [0.29, 0.717) is 12.3 Å². The van der Waals surface area contributed by atoms with Gasteiger partial charge >= 0.3 is 0 Å². The van der Waals surface area contributed by atoms with Crippen molar-refractivity contribution in [3.05, 3.63) is 64.9 Å². The zero-order valence-corrected chi connectivity index (χ0v) is 14.6. The van der Waals surface area contributed by atoms with Gasteiger partial charge in [0.2, 0.25) is 5.91 Å². The Morgan fingerprint density at radius 3 is 2.62 bits per heavy atom. The first kappa shape index (κ1) is 16.3. The quantitative estimate of drug-likeness (QED) is 0.703. The van der Waals surface area contributed by atoms with E-state index in [0.717, 1.165) is 33.3 Å². The van der Waals surface area contributed by atoms with Crippen molar-refractivity contribution in [3.8, 4) is 0 Å². The molecular weight excluding hydrogens is 298 g/mol. The number of anilines is 1. The number of aryl methyl sites for hydroxylation is 2. The van der Waals surface area contributed by atoms with Crippen molar-refractivity contribution in [2.24, 2.45) is 0 Å². The van der Waals surface area contributed by atoms with Crippen LogP contribution in [0.5, 0.6) is 0 Å². The Labute approximate surface area is 142 Å². The van der Waals surface area contributed by atoms with Crippen LogP contribution in [-0.2, 0) is 11.2 Å². The lowest BCUT2D eigenvalue weighted by Crippen LogP contribution is -2.15. The number of benzene rings is 2. The van der Waals surface area contributed by atoms with Crippen molar-refractivity contribution < 1.29 is 9.21 Å². The van der Waals surface area contributed by atoms with Crippen LogP contribution in [0, 0.1) is 13.8 Å². The van der Waals surface area contributed by atoms with Gasteiger partial charge < -0.3 is 9.73 Å². The number of hydrogen-bond donors (Lipinski definition) is 1. The minimum Gasteiger partial charge on any atom is -0.464 e. The van der Waals surface area contributed by atoms with E-state index >= 15 is 0 Å². The number of amides is 1. The molecule has 1 heterocycles. The fourth-order valence-electron chi connectivity index (χ4n) is 3.01. The molecule has 0 fully saturated rings. The predicted molar refractivity (Wildman–Crippen MR) is 98.6 cm³/mol. The largest absolute Gasteiger partial charge is 0.464 e. The van der Waals surface area contributed by atoms with E-state index in [-0.39, 0.29) is 5.91 Å². The molecular formula is C21H23NO2.